The van der Waals surface area contributed by atoms with Crippen molar-refractivity contribution >= 4 is 40.5 Å². The van der Waals surface area contributed by atoms with Gasteiger partial charge in [0.25, 0.3) is 5.91 Å². The summed E-state index contributed by atoms with van der Waals surface area (Å²) in [5, 5.41) is 24.3. The Balaban J connectivity index is 1.81. The maximum absolute atomic E-state index is 13.4. The number of nitrogens with zero attached hydrogens (tertiary/aromatic N) is 2. The Labute approximate surface area is 193 Å². The maximum Gasteiger partial charge on any atom is 0.337 e. The van der Waals surface area contributed by atoms with Crippen LogP contribution in [-0.4, -0.2) is 42.0 Å². The van der Waals surface area contributed by atoms with Crippen LogP contribution in [0.15, 0.2) is 51.5 Å². The number of amides is 1. The van der Waals surface area contributed by atoms with Crippen LogP contribution in [0, 0.1) is 6.92 Å². The second-order valence-electron chi connectivity index (χ2n) is 7.27. The van der Waals surface area contributed by atoms with Crippen LogP contribution in [0.4, 0.5) is 5.69 Å². The van der Waals surface area contributed by atoms with Crippen molar-refractivity contribution in [2.75, 3.05) is 18.8 Å². The molecule has 34 heavy (non-hydrogen) atoms. The molecule has 2 aromatic carbocycles. The van der Waals surface area contributed by atoms with Crippen LogP contribution in [0.3, 0.4) is 0 Å². The van der Waals surface area contributed by atoms with Crippen molar-refractivity contribution in [3.8, 4) is 5.75 Å². The highest BCUT2D eigenvalue weighted by Crippen LogP contribution is 2.33. The number of carboxylic acids is 1. The van der Waals surface area contributed by atoms with Gasteiger partial charge in [-0.15, -0.1) is 5.10 Å². The van der Waals surface area contributed by atoms with Gasteiger partial charge in [-0.05, 0) is 42.8 Å². The predicted molar refractivity (Wildman–Crippen MR) is 121 cm³/mol. The molecule has 1 aliphatic rings. The van der Waals surface area contributed by atoms with Crippen molar-refractivity contribution in [1.29, 1.82) is 0 Å². The number of hydrogen-bond acceptors (Lipinski definition) is 9. The number of carboxylic acid groups (broad SMARTS) is 1. The molecule has 0 bridgehead atoms. The Bertz CT molecular complexity index is 1340. The van der Waals surface area contributed by atoms with E-state index in [4.69, 9.17) is 24.9 Å². The fraction of sp³-hybridized carbons (Fsp3) is 0.174. The number of carbonyl (C=O) groups excluding carboxylic acids is 1. The minimum atomic E-state index is -1.27. The summed E-state index contributed by atoms with van der Waals surface area (Å²) in [5.41, 5.74) is 7.10. The van der Waals surface area contributed by atoms with E-state index in [0.29, 0.717) is 22.7 Å². The molecule has 4 rings (SSSR count). The first-order valence-corrected chi connectivity index (χ1v) is 10.1. The van der Waals surface area contributed by atoms with Crippen molar-refractivity contribution in [3.63, 3.8) is 0 Å². The van der Waals surface area contributed by atoms with Gasteiger partial charge in [0.1, 0.15) is 36.0 Å². The molecule has 0 atom stereocenters. The van der Waals surface area contributed by atoms with Gasteiger partial charge in [0, 0.05) is 17.0 Å². The molecule has 0 saturated heterocycles. The van der Waals surface area contributed by atoms with Gasteiger partial charge in [0.2, 0.25) is 5.90 Å². The minimum Gasteiger partial charge on any atom is -0.497 e. The number of benzene rings is 2. The summed E-state index contributed by atoms with van der Waals surface area (Å²) in [6.07, 6.45) is 1.47. The summed E-state index contributed by atoms with van der Waals surface area (Å²) in [6, 6.07) is 9.49. The van der Waals surface area contributed by atoms with Crippen LogP contribution in [0.25, 0.3) is 17.0 Å². The van der Waals surface area contributed by atoms with Crippen LogP contribution in [0.5, 0.6) is 5.75 Å². The summed E-state index contributed by atoms with van der Waals surface area (Å²) < 4.78 is 16.5. The highest BCUT2D eigenvalue weighted by atomic mass is 17.1. The number of aryl methyl sites for hydroxylation is 1. The Morgan fingerprint density at radius 2 is 2.06 bits per heavy atom. The van der Waals surface area contributed by atoms with E-state index in [0.717, 1.165) is 16.0 Å². The zero-order valence-corrected chi connectivity index (χ0v) is 18.3. The molecule has 0 saturated carbocycles. The lowest BCUT2D eigenvalue weighted by molar-refractivity contribution is -0.253. The number of furan rings is 1. The lowest BCUT2D eigenvalue weighted by Crippen LogP contribution is -2.24. The topological polar surface area (TPSA) is 157 Å². The third-order valence-corrected chi connectivity index (χ3v) is 5.27. The smallest absolute Gasteiger partial charge is 0.337 e. The summed E-state index contributed by atoms with van der Waals surface area (Å²) in [5.74, 6) is -1.00. The molecule has 4 N–H and O–H groups in total. The standard InChI is InChI=1S/C23H21N3O8/c1-12-15-6-4-14(31-2)8-20(15)34-19(12)9-17-21(32-11-24)25-26(22(17)27)18-7-13(10-33-30)3-5-16(18)23(28)29/h3-9,30H,10-11,24H2,1-2H3,(H,28,29). The van der Waals surface area contributed by atoms with Gasteiger partial charge in [-0.1, -0.05) is 6.07 Å². The second-order valence-corrected chi connectivity index (χ2v) is 7.27. The van der Waals surface area contributed by atoms with Gasteiger partial charge >= 0.3 is 5.97 Å². The zero-order valence-electron chi connectivity index (χ0n) is 18.3. The van der Waals surface area contributed by atoms with Crippen LogP contribution in [0.1, 0.15) is 27.2 Å². The molecule has 0 aliphatic carbocycles. The second kappa shape index (κ2) is 9.35. The van der Waals surface area contributed by atoms with E-state index in [1.54, 1.807) is 19.2 Å². The molecule has 11 nitrogen and oxygen atoms in total. The van der Waals surface area contributed by atoms with Gasteiger partial charge < -0.3 is 19.0 Å². The zero-order chi connectivity index (χ0) is 24.4. The quantitative estimate of drug-likeness (QED) is 0.205. The van der Waals surface area contributed by atoms with E-state index in [-0.39, 0.29) is 36.1 Å². The molecular weight excluding hydrogens is 446 g/mol. The van der Waals surface area contributed by atoms with Gasteiger partial charge in [-0.25, -0.2) is 9.68 Å². The maximum atomic E-state index is 13.4. The van der Waals surface area contributed by atoms with Crippen molar-refractivity contribution in [1.82, 2.24) is 0 Å². The first-order valence-electron chi connectivity index (χ1n) is 10.1. The highest BCUT2D eigenvalue weighted by molar-refractivity contribution is 6.31. The van der Waals surface area contributed by atoms with Crippen LogP contribution in [-0.2, 0) is 21.0 Å². The van der Waals surface area contributed by atoms with E-state index < -0.39 is 11.9 Å². The van der Waals surface area contributed by atoms with Crippen molar-refractivity contribution < 1.29 is 38.7 Å². The van der Waals surface area contributed by atoms with Crippen LogP contribution in [0.2, 0.25) is 0 Å². The Kier molecular flexibility index (Phi) is 6.32. The fourth-order valence-electron chi connectivity index (χ4n) is 3.59. The number of hydrogen-bond donors (Lipinski definition) is 3. The van der Waals surface area contributed by atoms with Gasteiger partial charge in [0.15, 0.2) is 0 Å². The largest absolute Gasteiger partial charge is 0.497 e. The lowest BCUT2D eigenvalue weighted by atomic mass is 10.1. The Hall–Kier alpha value is -4.19. The van der Waals surface area contributed by atoms with E-state index in [1.165, 1.54) is 24.3 Å². The molecule has 0 fully saturated rings. The molecule has 0 radical (unpaired) electrons. The molecule has 1 aromatic heterocycles. The average molecular weight is 467 g/mol. The van der Waals surface area contributed by atoms with Crippen molar-refractivity contribution in [3.05, 3.63) is 64.4 Å². The number of nitrogens with two attached hydrogens (primary N) is 1. The number of methoxy groups -OCH3 is 1. The fourth-order valence-corrected chi connectivity index (χ4v) is 3.59. The minimum absolute atomic E-state index is 0.0275. The Morgan fingerprint density at radius 1 is 1.26 bits per heavy atom. The molecule has 11 heteroatoms. The normalized spacial score (nSPS) is 14.7. The summed E-state index contributed by atoms with van der Waals surface area (Å²) in [4.78, 5) is 29.3. The predicted octanol–water partition coefficient (Wildman–Crippen LogP) is 3.11. The van der Waals surface area contributed by atoms with Crippen LogP contribution >= 0.6 is 0 Å². The first-order chi connectivity index (χ1) is 16.4. The molecule has 1 aliphatic heterocycles. The number of hydrazone groups is 1. The summed E-state index contributed by atoms with van der Waals surface area (Å²) in [7, 11) is 1.55. The number of carbonyl (C=O) groups is 2. The molecule has 0 spiro atoms. The third-order valence-electron chi connectivity index (χ3n) is 5.27. The monoisotopic (exact) mass is 467 g/mol. The molecule has 2 heterocycles. The number of anilines is 1. The van der Waals surface area contributed by atoms with Crippen LogP contribution < -0.4 is 15.5 Å². The number of rotatable bonds is 7. The number of aromatic carboxylic acids is 1. The number of ether oxygens (including phenoxy) is 2. The molecular formula is C23H21N3O8. The van der Waals surface area contributed by atoms with Gasteiger partial charge in [-0.3, -0.25) is 15.8 Å². The summed E-state index contributed by atoms with van der Waals surface area (Å²) in [6.45, 7) is 1.36. The van der Waals surface area contributed by atoms with E-state index in [1.807, 2.05) is 13.0 Å². The first kappa shape index (κ1) is 23.0. The molecule has 3 aromatic rings. The van der Waals surface area contributed by atoms with E-state index >= 15 is 0 Å². The third kappa shape index (κ3) is 4.10. The van der Waals surface area contributed by atoms with Gasteiger partial charge in [0.05, 0.1) is 18.4 Å². The molecule has 0 unspecified atom stereocenters. The SMILES string of the molecule is COc1ccc2c(C)c(C=C3C(=O)N(c4cc(COO)ccc4C(=O)O)N=C3OCN)oc2c1. The number of fused-ring (bicyclic) bond motifs is 1. The molecule has 176 valence electrons. The van der Waals surface area contributed by atoms with Gasteiger partial charge in [-0.2, -0.15) is 5.01 Å². The molecule has 1 amide bonds. The lowest BCUT2D eigenvalue weighted by Gasteiger charge is -2.15. The summed E-state index contributed by atoms with van der Waals surface area (Å²) >= 11 is 0. The highest BCUT2D eigenvalue weighted by Gasteiger charge is 2.35. The van der Waals surface area contributed by atoms with E-state index in [2.05, 4.69) is 9.99 Å². The average Bonchev–Trinajstić information content (AvgIpc) is 3.30. The van der Waals surface area contributed by atoms with Crippen molar-refractivity contribution in [2.45, 2.75) is 13.5 Å². The Morgan fingerprint density at radius 3 is 2.74 bits per heavy atom. The van der Waals surface area contributed by atoms with Crippen molar-refractivity contribution in [2.24, 2.45) is 10.8 Å². The van der Waals surface area contributed by atoms with E-state index in [9.17, 15) is 14.7 Å².